The molecule has 2 aromatic heterocycles. The highest BCUT2D eigenvalue weighted by atomic mass is 35.5. The molecule has 9 heteroatoms. The summed E-state index contributed by atoms with van der Waals surface area (Å²) < 4.78 is 7.86. The smallest absolute Gasteiger partial charge is 0.250 e. The number of thiazole rings is 1. The Morgan fingerprint density at radius 2 is 2.12 bits per heavy atom. The summed E-state index contributed by atoms with van der Waals surface area (Å²) in [5.41, 5.74) is 8.49. The van der Waals surface area contributed by atoms with Crippen molar-refractivity contribution >= 4 is 34.8 Å². The Labute approximate surface area is 195 Å². The molecule has 1 aliphatic rings. The molecular formula is C23H25ClN4O3S. The second-order valence-corrected chi connectivity index (χ2v) is 9.08. The Morgan fingerprint density at radius 3 is 2.84 bits per heavy atom. The van der Waals surface area contributed by atoms with Gasteiger partial charge in [-0.15, -0.1) is 11.3 Å². The molecule has 0 spiro atoms. The van der Waals surface area contributed by atoms with Gasteiger partial charge in [-0.3, -0.25) is 9.59 Å². The molecule has 1 aliphatic heterocycles. The minimum absolute atomic E-state index is 0.218. The van der Waals surface area contributed by atoms with Crippen molar-refractivity contribution in [2.45, 2.75) is 39.3 Å². The molecule has 0 bridgehead atoms. The third-order valence-corrected chi connectivity index (χ3v) is 6.75. The van der Waals surface area contributed by atoms with E-state index in [4.69, 9.17) is 27.1 Å². The molecule has 7 nitrogen and oxygen atoms in total. The van der Waals surface area contributed by atoms with Crippen LogP contribution in [0.5, 0.6) is 5.75 Å². The van der Waals surface area contributed by atoms with Crippen LogP contribution < -0.4 is 10.5 Å². The number of carbonyl (C=O) groups excluding carboxylic acids is 2. The van der Waals surface area contributed by atoms with Gasteiger partial charge in [-0.1, -0.05) is 23.7 Å². The standard InChI is InChI=1S/C23H25ClN4O3S/c1-15-16(23(25)30)12-19(28(15)11-5-10-27-9-4-8-22(27)29)18-14-32-21(26-18)13-31-20-7-3-2-6-17(20)24/h2-3,6-7,12,14H,4-5,8-11,13H2,1H3,(H2,25,30). The number of hydrogen-bond acceptors (Lipinski definition) is 5. The van der Waals surface area contributed by atoms with Crippen molar-refractivity contribution in [2.75, 3.05) is 13.1 Å². The molecule has 0 aliphatic carbocycles. The van der Waals surface area contributed by atoms with Crippen molar-refractivity contribution in [3.8, 4) is 17.1 Å². The third-order valence-electron chi connectivity index (χ3n) is 5.62. The van der Waals surface area contributed by atoms with Crippen LogP contribution in [0.2, 0.25) is 5.02 Å². The number of nitrogens with zero attached hydrogens (tertiary/aromatic N) is 3. The van der Waals surface area contributed by atoms with Crippen molar-refractivity contribution in [3.63, 3.8) is 0 Å². The summed E-state index contributed by atoms with van der Waals surface area (Å²) in [6.07, 6.45) is 2.35. The van der Waals surface area contributed by atoms with E-state index in [9.17, 15) is 9.59 Å². The number of aromatic nitrogens is 2. The second kappa shape index (κ2) is 9.75. The summed E-state index contributed by atoms with van der Waals surface area (Å²) in [6.45, 7) is 4.38. The maximum atomic E-state index is 11.9. The van der Waals surface area contributed by atoms with Crippen LogP contribution in [-0.4, -0.2) is 39.4 Å². The number of ether oxygens (including phenoxy) is 1. The van der Waals surface area contributed by atoms with Gasteiger partial charge in [0.15, 0.2) is 0 Å². The Balaban J connectivity index is 1.50. The number of hydrogen-bond donors (Lipinski definition) is 1. The summed E-state index contributed by atoms with van der Waals surface area (Å²) in [4.78, 5) is 30.4. The van der Waals surface area contributed by atoms with Gasteiger partial charge in [-0.2, -0.15) is 0 Å². The molecule has 1 saturated heterocycles. The zero-order valence-corrected chi connectivity index (χ0v) is 19.4. The van der Waals surface area contributed by atoms with Gasteiger partial charge >= 0.3 is 0 Å². The van der Waals surface area contributed by atoms with Gasteiger partial charge in [0.1, 0.15) is 17.4 Å². The lowest BCUT2D eigenvalue weighted by Gasteiger charge is -2.17. The Kier molecular flexibility index (Phi) is 6.81. The molecule has 0 saturated carbocycles. The lowest BCUT2D eigenvalue weighted by Crippen LogP contribution is -2.26. The predicted molar refractivity (Wildman–Crippen MR) is 125 cm³/mol. The van der Waals surface area contributed by atoms with Gasteiger partial charge in [-0.25, -0.2) is 4.98 Å². The molecule has 2 N–H and O–H groups in total. The average Bonchev–Trinajstić information content (AvgIpc) is 3.47. The molecule has 0 unspecified atom stereocenters. The van der Waals surface area contributed by atoms with Crippen LogP contribution >= 0.6 is 22.9 Å². The first-order valence-electron chi connectivity index (χ1n) is 10.5. The Hall–Kier alpha value is -2.84. The van der Waals surface area contributed by atoms with E-state index in [2.05, 4.69) is 4.57 Å². The fraction of sp³-hybridized carbons (Fsp3) is 0.348. The van der Waals surface area contributed by atoms with Gasteiger partial charge in [0.25, 0.3) is 5.91 Å². The zero-order valence-electron chi connectivity index (χ0n) is 17.8. The monoisotopic (exact) mass is 472 g/mol. The molecule has 0 radical (unpaired) electrons. The summed E-state index contributed by atoms with van der Waals surface area (Å²) in [5.74, 6) is 0.363. The molecular weight excluding hydrogens is 448 g/mol. The number of primary amides is 1. The van der Waals surface area contributed by atoms with Crippen molar-refractivity contribution in [2.24, 2.45) is 5.73 Å². The first-order valence-corrected chi connectivity index (χ1v) is 11.8. The van der Waals surface area contributed by atoms with Gasteiger partial charge in [0.2, 0.25) is 5.91 Å². The van der Waals surface area contributed by atoms with E-state index in [1.165, 1.54) is 11.3 Å². The highest BCUT2D eigenvalue weighted by molar-refractivity contribution is 7.09. The van der Waals surface area contributed by atoms with Crippen LogP contribution in [0.15, 0.2) is 35.7 Å². The van der Waals surface area contributed by atoms with Crippen molar-refractivity contribution in [1.82, 2.24) is 14.5 Å². The van der Waals surface area contributed by atoms with Crippen LogP contribution in [0.1, 0.15) is 40.3 Å². The number of amides is 2. The average molecular weight is 473 g/mol. The predicted octanol–water partition coefficient (Wildman–Crippen LogP) is 4.26. The second-order valence-electron chi connectivity index (χ2n) is 7.73. The highest BCUT2D eigenvalue weighted by Gasteiger charge is 2.21. The van der Waals surface area contributed by atoms with Crippen molar-refractivity contribution in [1.29, 1.82) is 0 Å². The third kappa shape index (κ3) is 4.81. The molecule has 1 aromatic carbocycles. The highest BCUT2D eigenvalue weighted by Crippen LogP contribution is 2.29. The van der Waals surface area contributed by atoms with Crippen molar-refractivity contribution < 1.29 is 14.3 Å². The van der Waals surface area contributed by atoms with Gasteiger partial charge in [-0.05, 0) is 38.0 Å². The first kappa shape index (κ1) is 22.4. The zero-order chi connectivity index (χ0) is 22.7. The Bertz CT molecular complexity index is 1140. The van der Waals surface area contributed by atoms with Crippen molar-refractivity contribution in [3.05, 3.63) is 57.0 Å². The summed E-state index contributed by atoms with van der Waals surface area (Å²) in [5, 5.41) is 3.30. The van der Waals surface area contributed by atoms with E-state index >= 15 is 0 Å². The van der Waals surface area contributed by atoms with E-state index < -0.39 is 5.91 Å². The molecule has 3 heterocycles. The molecule has 4 rings (SSSR count). The number of likely N-dealkylation sites (tertiary alicyclic amines) is 1. The molecule has 2 amide bonds. The maximum Gasteiger partial charge on any atom is 0.250 e. The number of carbonyl (C=O) groups is 2. The number of para-hydroxylation sites is 1. The van der Waals surface area contributed by atoms with E-state index in [-0.39, 0.29) is 5.91 Å². The minimum atomic E-state index is -0.463. The van der Waals surface area contributed by atoms with E-state index in [0.717, 1.165) is 41.5 Å². The fourth-order valence-electron chi connectivity index (χ4n) is 3.95. The van der Waals surface area contributed by atoms with E-state index in [1.807, 2.05) is 35.4 Å². The first-order chi connectivity index (χ1) is 15.4. The summed E-state index contributed by atoms with van der Waals surface area (Å²) >= 11 is 7.64. The van der Waals surface area contributed by atoms with Gasteiger partial charge < -0.3 is 19.9 Å². The van der Waals surface area contributed by atoms with Crippen LogP contribution in [0.25, 0.3) is 11.4 Å². The quantitative estimate of drug-likeness (QED) is 0.503. The summed E-state index contributed by atoms with van der Waals surface area (Å²) in [7, 11) is 0. The van der Waals surface area contributed by atoms with Crippen LogP contribution in [0, 0.1) is 6.92 Å². The molecule has 168 valence electrons. The lowest BCUT2D eigenvalue weighted by molar-refractivity contribution is -0.127. The number of rotatable bonds is 9. The number of halogens is 1. The largest absolute Gasteiger partial charge is 0.485 e. The van der Waals surface area contributed by atoms with E-state index in [1.54, 1.807) is 12.1 Å². The summed E-state index contributed by atoms with van der Waals surface area (Å²) in [6, 6.07) is 9.11. The number of benzene rings is 1. The maximum absolute atomic E-state index is 11.9. The SMILES string of the molecule is Cc1c(C(N)=O)cc(-c2csc(COc3ccccc3Cl)n2)n1CCCN1CCCC1=O. The van der Waals surface area contributed by atoms with E-state index in [0.29, 0.717) is 42.5 Å². The van der Waals surface area contributed by atoms with Crippen LogP contribution in [0.4, 0.5) is 0 Å². The molecule has 3 aromatic rings. The van der Waals surface area contributed by atoms with Crippen LogP contribution in [0.3, 0.4) is 0 Å². The molecule has 1 fully saturated rings. The van der Waals surface area contributed by atoms with Gasteiger partial charge in [0, 0.05) is 37.1 Å². The minimum Gasteiger partial charge on any atom is -0.485 e. The lowest BCUT2D eigenvalue weighted by atomic mass is 10.2. The fourth-order valence-corrected chi connectivity index (χ4v) is 4.84. The molecule has 32 heavy (non-hydrogen) atoms. The Morgan fingerprint density at radius 1 is 1.31 bits per heavy atom. The van der Waals surface area contributed by atoms with Gasteiger partial charge in [0.05, 0.1) is 22.0 Å². The number of nitrogens with two attached hydrogens (primary N) is 1. The normalized spacial score (nSPS) is 13.7. The molecule has 0 atom stereocenters. The van der Waals surface area contributed by atoms with Crippen LogP contribution in [-0.2, 0) is 17.9 Å². The topological polar surface area (TPSA) is 90.5 Å².